The van der Waals surface area contributed by atoms with Crippen LogP contribution in [0.15, 0.2) is 16.1 Å². The molecular weight excluding hydrogens is 327 g/mol. The number of halogens is 1. The zero-order valence-corrected chi connectivity index (χ0v) is 11.0. The maximum absolute atomic E-state index is 11.3. The van der Waals surface area contributed by atoms with E-state index in [0.29, 0.717) is 9.67 Å². The Morgan fingerprint density at radius 2 is 2.60 bits per heavy atom. The summed E-state index contributed by atoms with van der Waals surface area (Å²) in [4.78, 5) is 18.0. The number of aromatic amines is 1. The van der Waals surface area contributed by atoms with E-state index >= 15 is 0 Å². The summed E-state index contributed by atoms with van der Waals surface area (Å²) in [5.74, 6) is 0.881. The molecule has 1 fully saturated rings. The molecule has 0 amide bonds. The molecule has 82 valence electrons. The highest BCUT2D eigenvalue weighted by Crippen LogP contribution is 2.23. The van der Waals surface area contributed by atoms with Crippen molar-refractivity contribution >= 4 is 34.4 Å². The van der Waals surface area contributed by atoms with E-state index in [9.17, 15) is 4.79 Å². The van der Waals surface area contributed by atoms with Gasteiger partial charge in [-0.15, -0.1) is 11.8 Å². The molecule has 1 saturated heterocycles. The van der Waals surface area contributed by atoms with Gasteiger partial charge in [-0.3, -0.25) is 4.79 Å². The average Bonchev–Trinajstić information content (AvgIpc) is 2.73. The maximum atomic E-state index is 11.3. The van der Waals surface area contributed by atoms with Crippen LogP contribution in [0.4, 0.5) is 0 Å². The van der Waals surface area contributed by atoms with Crippen LogP contribution in [0.3, 0.4) is 0 Å². The first-order valence-corrected chi connectivity index (χ1v) is 6.81. The van der Waals surface area contributed by atoms with Gasteiger partial charge in [-0.1, -0.05) is 0 Å². The fourth-order valence-electron chi connectivity index (χ4n) is 1.41. The van der Waals surface area contributed by atoms with Crippen molar-refractivity contribution in [3.05, 3.63) is 20.3 Å². The van der Waals surface area contributed by atoms with E-state index in [4.69, 9.17) is 4.74 Å². The summed E-state index contributed by atoms with van der Waals surface area (Å²) < 4.78 is 6.17. The van der Waals surface area contributed by atoms with Gasteiger partial charge in [0.15, 0.2) is 0 Å². The zero-order valence-electron chi connectivity index (χ0n) is 8.03. The van der Waals surface area contributed by atoms with Crippen molar-refractivity contribution in [1.29, 1.82) is 0 Å². The van der Waals surface area contributed by atoms with Gasteiger partial charge in [0.25, 0.3) is 5.56 Å². The van der Waals surface area contributed by atoms with Gasteiger partial charge in [0.2, 0.25) is 0 Å². The Morgan fingerprint density at radius 1 is 1.73 bits per heavy atom. The fourth-order valence-corrected chi connectivity index (χ4v) is 3.13. The molecule has 1 N–H and O–H groups in total. The minimum atomic E-state index is -0.0690. The largest absolute Gasteiger partial charge is 0.377 e. The molecule has 0 bridgehead atoms. The first-order valence-electron chi connectivity index (χ1n) is 4.75. The first-order chi connectivity index (χ1) is 7.27. The van der Waals surface area contributed by atoms with Crippen LogP contribution in [0, 0.1) is 3.57 Å². The lowest BCUT2D eigenvalue weighted by Crippen LogP contribution is -2.13. The third-order valence-electron chi connectivity index (χ3n) is 2.19. The number of H-pyrrole nitrogens is 1. The molecule has 1 unspecified atom stereocenters. The number of ether oxygens (including phenoxy) is 1. The predicted molar refractivity (Wildman–Crippen MR) is 67.3 cm³/mol. The molecular formula is C9H11IN2O2S. The summed E-state index contributed by atoms with van der Waals surface area (Å²) in [5, 5.41) is 0.801. The van der Waals surface area contributed by atoms with E-state index in [-0.39, 0.29) is 5.56 Å². The van der Waals surface area contributed by atoms with Crippen LogP contribution >= 0.6 is 34.4 Å². The van der Waals surface area contributed by atoms with E-state index in [1.807, 2.05) is 22.6 Å². The highest BCUT2D eigenvalue weighted by Gasteiger charge is 2.16. The Balaban J connectivity index is 1.98. The average molecular weight is 338 g/mol. The lowest BCUT2D eigenvalue weighted by molar-refractivity contribution is 0.129. The van der Waals surface area contributed by atoms with E-state index < -0.39 is 0 Å². The Morgan fingerprint density at radius 3 is 3.33 bits per heavy atom. The molecule has 6 heteroatoms. The molecule has 1 aromatic heterocycles. The Bertz CT molecular complexity index is 390. The monoisotopic (exact) mass is 338 g/mol. The second-order valence-electron chi connectivity index (χ2n) is 3.30. The maximum Gasteiger partial charge on any atom is 0.265 e. The van der Waals surface area contributed by atoms with Crippen molar-refractivity contribution in [3.8, 4) is 0 Å². The number of nitrogens with one attached hydrogen (secondary N) is 1. The van der Waals surface area contributed by atoms with Crippen LogP contribution in [0.2, 0.25) is 0 Å². The number of rotatable bonds is 3. The third kappa shape index (κ3) is 2.94. The molecule has 1 atom stereocenters. The standard InChI is InChI=1S/C9H11IN2O2S/c10-7-8(13)11-5-12-9(7)15-4-6-2-1-3-14-6/h5-6H,1-4H2,(H,11,12,13). The number of hydrogen-bond donors (Lipinski definition) is 1. The fraction of sp³-hybridized carbons (Fsp3) is 0.556. The predicted octanol–water partition coefficient (Wildman–Crippen LogP) is 1.65. The van der Waals surface area contributed by atoms with Crippen molar-refractivity contribution in [2.45, 2.75) is 24.0 Å². The quantitative estimate of drug-likeness (QED) is 0.517. The van der Waals surface area contributed by atoms with Gasteiger partial charge in [-0.2, -0.15) is 0 Å². The molecule has 0 radical (unpaired) electrons. The molecule has 4 nitrogen and oxygen atoms in total. The van der Waals surface area contributed by atoms with Crippen molar-refractivity contribution in [2.24, 2.45) is 0 Å². The Hall–Kier alpha value is -0.0800. The number of thioether (sulfide) groups is 1. The minimum Gasteiger partial charge on any atom is -0.377 e. The molecule has 15 heavy (non-hydrogen) atoms. The summed E-state index contributed by atoms with van der Waals surface area (Å²) in [6, 6.07) is 0. The van der Waals surface area contributed by atoms with Crippen molar-refractivity contribution < 1.29 is 4.74 Å². The summed E-state index contributed by atoms with van der Waals surface area (Å²) in [6.07, 6.45) is 4.03. The number of nitrogens with zero attached hydrogens (tertiary/aromatic N) is 1. The highest BCUT2D eigenvalue weighted by molar-refractivity contribution is 14.1. The Labute approximate surface area is 105 Å². The van der Waals surface area contributed by atoms with Gasteiger partial charge in [0.05, 0.1) is 12.4 Å². The molecule has 0 aromatic carbocycles. The molecule has 1 aromatic rings. The normalized spacial score (nSPS) is 20.7. The minimum absolute atomic E-state index is 0.0690. The topological polar surface area (TPSA) is 55.0 Å². The lowest BCUT2D eigenvalue weighted by Gasteiger charge is -2.08. The molecule has 1 aliphatic rings. The summed E-state index contributed by atoms with van der Waals surface area (Å²) in [7, 11) is 0. The SMILES string of the molecule is O=c1[nH]cnc(SCC2CCCO2)c1I. The first kappa shape index (κ1) is 11.4. The zero-order chi connectivity index (χ0) is 10.7. The second kappa shape index (κ2) is 5.31. The van der Waals surface area contributed by atoms with Crippen molar-refractivity contribution in [3.63, 3.8) is 0 Å². The smallest absolute Gasteiger partial charge is 0.265 e. The van der Waals surface area contributed by atoms with Gasteiger partial charge < -0.3 is 9.72 Å². The van der Waals surface area contributed by atoms with E-state index in [1.165, 1.54) is 6.33 Å². The molecule has 0 saturated carbocycles. The second-order valence-corrected chi connectivity index (χ2v) is 5.38. The summed E-state index contributed by atoms with van der Waals surface area (Å²) in [6.45, 7) is 0.866. The Kier molecular flexibility index (Phi) is 4.04. The van der Waals surface area contributed by atoms with E-state index in [2.05, 4.69) is 9.97 Å². The number of aromatic nitrogens is 2. The van der Waals surface area contributed by atoms with Crippen molar-refractivity contribution in [1.82, 2.24) is 9.97 Å². The molecule has 0 spiro atoms. The van der Waals surface area contributed by atoms with Gasteiger partial charge in [0.1, 0.15) is 8.60 Å². The summed E-state index contributed by atoms with van der Waals surface area (Å²) >= 11 is 3.62. The molecule has 2 rings (SSSR count). The van der Waals surface area contributed by atoms with Crippen LogP contribution in [-0.2, 0) is 4.74 Å². The van der Waals surface area contributed by atoms with Gasteiger partial charge in [0, 0.05) is 12.4 Å². The van der Waals surface area contributed by atoms with E-state index in [1.54, 1.807) is 11.8 Å². The highest BCUT2D eigenvalue weighted by atomic mass is 127. The van der Waals surface area contributed by atoms with Crippen LogP contribution < -0.4 is 5.56 Å². The van der Waals surface area contributed by atoms with E-state index in [0.717, 1.165) is 30.2 Å². The number of hydrogen-bond acceptors (Lipinski definition) is 4. The third-order valence-corrected chi connectivity index (χ3v) is 4.68. The van der Waals surface area contributed by atoms with Crippen molar-refractivity contribution in [2.75, 3.05) is 12.4 Å². The molecule has 2 heterocycles. The molecule has 0 aliphatic carbocycles. The van der Waals surface area contributed by atoms with Crippen LogP contribution in [0.5, 0.6) is 0 Å². The molecule has 1 aliphatic heterocycles. The summed E-state index contributed by atoms with van der Waals surface area (Å²) in [5.41, 5.74) is -0.0690. The van der Waals surface area contributed by atoms with Gasteiger partial charge >= 0.3 is 0 Å². The van der Waals surface area contributed by atoms with Gasteiger partial charge in [-0.05, 0) is 35.4 Å². The van der Waals surface area contributed by atoms with Crippen LogP contribution in [-0.4, -0.2) is 28.4 Å². The van der Waals surface area contributed by atoms with Crippen LogP contribution in [0.1, 0.15) is 12.8 Å². The van der Waals surface area contributed by atoms with Crippen LogP contribution in [0.25, 0.3) is 0 Å². The lowest BCUT2D eigenvalue weighted by atomic mass is 10.3. The van der Waals surface area contributed by atoms with Gasteiger partial charge in [-0.25, -0.2) is 4.98 Å².